The first kappa shape index (κ1) is 22.0. The van der Waals surface area contributed by atoms with Crippen LogP contribution in [0.1, 0.15) is 70.8 Å². The van der Waals surface area contributed by atoms with Crippen molar-refractivity contribution in [2.45, 2.75) is 77.7 Å². The van der Waals surface area contributed by atoms with Crippen LogP contribution in [0.15, 0.2) is 24.3 Å². The van der Waals surface area contributed by atoms with E-state index < -0.39 is 10.0 Å². The lowest BCUT2D eigenvalue weighted by Crippen LogP contribution is -2.29. The van der Waals surface area contributed by atoms with Gasteiger partial charge in [-0.1, -0.05) is 51.7 Å². The number of nitrogens with one attached hydrogen (secondary N) is 2. The van der Waals surface area contributed by atoms with E-state index in [0.717, 1.165) is 19.4 Å². The first-order valence-electron chi connectivity index (χ1n) is 9.74. The molecule has 0 saturated carbocycles. The van der Waals surface area contributed by atoms with Crippen LogP contribution in [-0.2, 0) is 16.4 Å². The molecule has 1 aromatic carbocycles. The van der Waals surface area contributed by atoms with Gasteiger partial charge in [0.2, 0.25) is 10.0 Å². The predicted molar refractivity (Wildman–Crippen MR) is 109 cm³/mol. The number of benzene rings is 1. The van der Waals surface area contributed by atoms with Gasteiger partial charge in [0.25, 0.3) is 0 Å². The van der Waals surface area contributed by atoms with Gasteiger partial charge in [0.15, 0.2) is 0 Å². The fraction of sp³-hybridized carbons (Fsp3) is 0.700. The summed E-state index contributed by atoms with van der Waals surface area (Å²) in [5.41, 5.74) is 1.88. The zero-order valence-corrected chi connectivity index (χ0v) is 17.0. The topological polar surface area (TPSA) is 58.2 Å². The van der Waals surface area contributed by atoms with Crippen molar-refractivity contribution in [3.63, 3.8) is 0 Å². The van der Waals surface area contributed by atoms with E-state index >= 15 is 0 Å². The highest BCUT2D eigenvalue weighted by atomic mass is 32.2. The summed E-state index contributed by atoms with van der Waals surface area (Å²) in [5, 5.41) is 3.69. The fourth-order valence-corrected chi connectivity index (χ4v) is 3.55. The van der Waals surface area contributed by atoms with E-state index in [1.54, 1.807) is 0 Å². The molecular formula is C20H36N2O2S. The largest absolute Gasteiger partial charge is 0.314 e. The summed E-state index contributed by atoms with van der Waals surface area (Å²) < 4.78 is 24.9. The maximum absolute atomic E-state index is 11.2. The predicted octanol–water partition coefficient (Wildman–Crippen LogP) is 4.72. The molecule has 144 valence electrons. The third-order valence-corrected chi connectivity index (χ3v) is 5.09. The number of unbranched alkanes of at least 4 members (excludes halogenated alkanes) is 4. The van der Waals surface area contributed by atoms with Crippen molar-refractivity contribution in [3.05, 3.63) is 29.8 Å². The molecule has 0 radical (unpaired) electrons. The molecule has 0 aliphatic carbocycles. The van der Waals surface area contributed by atoms with Gasteiger partial charge >= 0.3 is 0 Å². The van der Waals surface area contributed by atoms with E-state index in [-0.39, 0.29) is 0 Å². The number of anilines is 1. The van der Waals surface area contributed by atoms with Gasteiger partial charge in [-0.25, -0.2) is 8.42 Å². The smallest absolute Gasteiger partial charge is 0.229 e. The van der Waals surface area contributed by atoms with Crippen molar-refractivity contribution in [1.82, 2.24) is 5.32 Å². The number of sulfonamides is 1. The molecule has 0 aliphatic rings. The van der Waals surface area contributed by atoms with Crippen LogP contribution in [-0.4, -0.2) is 27.3 Å². The highest BCUT2D eigenvalue weighted by Crippen LogP contribution is 2.13. The standard InChI is InChI=1S/C20H36N2O2S/c1-4-6-7-8-12-19(5-2)21-17-10-9-11-18-13-15-20(16-14-18)22-25(3,23)24/h13-16,19,21-22H,4-12,17H2,1-3H3. The Bertz CT molecular complexity index is 556. The third kappa shape index (κ3) is 11.2. The maximum atomic E-state index is 11.2. The molecule has 5 heteroatoms. The van der Waals surface area contributed by atoms with Crippen LogP contribution in [0.2, 0.25) is 0 Å². The Morgan fingerprint density at radius 1 is 0.960 bits per heavy atom. The summed E-state index contributed by atoms with van der Waals surface area (Å²) in [7, 11) is -3.19. The Morgan fingerprint density at radius 3 is 2.28 bits per heavy atom. The minimum absolute atomic E-state index is 0.627. The molecule has 0 spiro atoms. The van der Waals surface area contributed by atoms with Gasteiger partial charge in [0, 0.05) is 11.7 Å². The summed E-state index contributed by atoms with van der Waals surface area (Å²) in [5.74, 6) is 0. The molecule has 1 rings (SSSR count). The SMILES string of the molecule is CCCCCCC(CC)NCCCCc1ccc(NS(C)(=O)=O)cc1. The van der Waals surface area contributed by atoms with Gasteiger partial charge in [-0.15, -0.1) is 0 Å². The zero-order chi connectivity index (χ0) is 18.5. The van der Waals surface area contributed by atoms with Crippen molar-refractivity contribution in [2.24, 2.45) is 0 Å². The molecule has 1 aromatic rings. The highest BCUT2D eigenvalue weighted by molar-refractivity contribution is 7.92. The quantitative estimate of drug-likeness (QED) is 0.467. The summed E-state index contributed by atoms with van der Waals surface area (Å²) in [6.07, 6.45) is 12.4. The molecule has 0 heterocycles. The average molecular weight is 369 g/mol. The minimum atomic E-state index is -3.19. The lowest BCUT2D eigenvalue weighted by molar-refractivity contribution is 0.438. The van der Waals surface area contributed by atoms with Crippen LogP contribution >= 0.6 is 0 Å². The Balaban J connectivity index is 2.18. The monoisotopic (exact) mass is 368 g/mol. The van der Waals surface area contributed by atoms with Crippen LogP contribution in [0.5, 0.6) is 0 Å². The molecule has 4 nitrogen and oxygen atoms in total. The van der Waals surface area contributed by atoms with Crippen molar-refractivity contribution in [3.8, 4) is 0 Å². The van der Waals surface area contributed by atoms with Gasteiger partial charge < -0.3 is 5.32 Å². The maximum Gasteiger partial charge on any atom is 0.229 e. The van der Waals surface area contributed by atoms with Crippen LogP contribution in [0.4, 0.5) is 5.69 Å². The number of rotatable bonds is 14. The van der Waals surface area contributed by atoms with Crippen LogP contribution in [0, 0.1) is 0 Å². The van der Waals surface area contributed by atoms with E-state index in [0.29, 0.717) is 11.7 Å². The Labute approximate surface area is 154 Å². The lowest BCUT2D eigenvalue weighted by atomic mass is 10.0. The first-order chi connectivity index (χ1) is 11.9. The Kier molecular flexibility index (Phi) is 10.8. The molecule has 0 aliphatic heterocycles. The Morgan fingerprint density at radius 2 is 1.68 bits per heavy atom. The van der Waals surface area contributed by atoms with E-state index in [1.165, 1.54) is 56.8 Å². The van der Waals surface area contributed by atoms with E-state index in [1.807, 2.05) is 24.3 Å². The third-order valence-electron chi connectivity index (χ3n) is 4.48. The molecular weight excluding hydrogens is 332 g/mol. The lowest BCUT2D eigenvalue weighted by Gasteiger charge is -2.16. The first-order valence-corrected chi connectivity index (χ1v) is 11.6. The minimum Gasteiger partial charge on any atom is -0.314 e. The second kappa shape index (κ2) is 12.3. The van der Waals surface area contributed by atoms with Gasteiger partial charge in [0.1, 0.15) is 0 Å². The van der Waals surface area contributed by atoms with Gasteiger partial charge in [-0.05, 0) is 56.3 Å². The molecule has 25 heavy (non-hydrogen) atoms. The van der Waals surface area contributed by atoms with Crippen molar-refractivity contribution < 1.29 is 8.42 Å². The van der Waals surface area contributed by atoms with E-state index in [4.69, 9.17) is 0 Å². The molecule has 0 aromatic heterocycles. The summed E-state index contributed by atoms with van der Waals surface area (Å²) >= 11 is 0. The second-order valence-corrected chi connectivity index (χ2v) is 8.69. The van der Waals surface area contributed by atoms with E-state index in [2.05, 4.69) is 23.9 Å². The van der Waals surface area contributed by atoms with Crippen molar-refractivity contribution in [1.29, 1.82) is 0 Å². The fourth-order valence-electron chi connectivity index (χ4n) is 2.98. The summed E-state index contributed by atoms with van der Waals surface area (Å²) in [4.78, 5) is 0. The molecule has 0 fully saturated rings. The van der Waals surface area contributed by atoms with Crippen LogP contribution in [0.3, 0.4) is 0 Å². The van der Waals surface area contributed by atoms with Crippen LogP contribution < -0.4 is 10.0 Å². The van der Waals surface area contributed by atoms with Gasteiger partial charge in [-0.2, -0.15) is 0 Å². The average Bonchev–Trinajstić information content (AvgIpc) is 2.56. The molecule has 2 N–H and O–H groups in total. The molecule has 1 atom stereocenters. The van der Waals surface area contributed by atoms with E-state index in [9.17, 15) is 8.42 Å². The number of hydrogen-bond acceptors (Lipinski definition) is 3. The second-order valence-electron chi connectivity index (χ2n) is 6.94. The van der Waals surface area contributed by atoms with Crippen LogP contribution in [0.25, 0.3) is 0 Å². The number of aryl methyl sites for hydroxylation is 1. The number of hydrogen-bond donors (Lipinski definition) is 2. The molecule has 0 amide bonds. The summed E-state index contributed by atoms with van der Waals surface area (Å²) in [6.45, 7) is 5.61. The zero-order valence-electron chi connectivity index (χ0n) is 16.2. The molecule has 0 bridgehead atoms. The normalized spacial score (nSPS) is 12.9. The van der Waals surface area contributed by atoms with Gasteiger partial charge in [-0.3, -0.25) is 4.72 Å². The highest BCUT2D eigenvalue weighted by Gasteiger charge is 2.05. The molecule has 1 unspecified atom stereocenters. The van der Waals surface area contributed by atoms with Crippen molar-refractivity contribution in [2.75, 3.05) is 17.5 Å². The Hall–Kier alpha value is -1.07. The van der Waals surface area contributed by atoms with Gasteiger partial charge in [0.05, 0.1) is 6.26 Å². The summed E-state index contributed by atoms with van der Waals surface area (Å²) in [6, 6.07) is 8.33. The molecule has 0 saturated heterocycles. The van der Waals surface area contributed by atoms with Crippen molar-refractivity contribution >= 4 is 15.7 Å².